The number of carbonyl (C=O) groups excluding carboxylic acids is 5. The molecule has 0 bridgehead atoms. The Morgan fingerprint density at radius 1 is 1.06 bits per heavy atom. The van der Waals surface area contributed by atoms with Gasteiger partial charge in [0.05, 0.1) is 19.3 Å². The molecule has 1 aromatic rings. The summed E-state index contributed by atoms with van der Waals surface area (Å²) in [4.78, 5) is 66.5. The van der Waals surface area contributed by atoms with Gasteiger partial charge in [0.25, 0.3) is 11.8 Å². The molecule has 178 valence electrons. The number of ether oxygens (including phenoxy) is 1. The molecule has 1 spiro atoms. The summed E-state index contributed by atoms with van der Waals surface area (Å²) < 4.78 is 5.73. The Balaban J connectivity index is 1.58. The van der Waals surface area contributed by atoms with Crippen molar-refractivity contribution in [1.82, 2.24) is 10.2 Å². The molecule has 3 aliphatic heterocycles. The Hall–Kier alpha value is -3.33. The number of nitrogens with one attached hydrogen (secondary N) is 1. The highest BCUT2D eigenvalue weighted by molar-refractivity contribution is 6.30. The van der Waals surface area contributed by atoms with E-state index in [1.165, 1.54) is 13.1 Å². The summed E-state index contributed by atoms with van der Waals surface area (Å²) >= 11 is 0. The first kappa shape index (κ1) is 22.5. The molecule has 9 heteroatoms. The Bertz CT molecular complexity index is 1160. The average Bonchev–Trinajstić information content (AvgIpc) is 2.78. The van der Waals surface area contributed by atoms with Crippen LogP contribution in [0.25, 0.3) is 6.08 Å². The number of morpholine rings is 1. The van der Waals surface area contributed by atoms with Crippen LogP contribution in [0.2, 0.25) is 0 Å². The number of likely N-dealkylation sites (N-methyl/N-ethyl adjacent to an activating group) is 1. The Morgan fingerprint density at radius 2 is 1.76 bits per heavy atom. The number of carbonyl (C=O) groups is 5. The Morgan fingerprint density at radius 3 is 2.47 bits per heavy atom. The van der Waals surface area contributed by atoms with E-state index in [9.17, 15) is 24.0 Å². The molecule has 1 unspecified atom stereocenters. The molecule has 34 heavy (non-hydrogen) atoms. The van der Waals surface area contributed by atoms with E-state index in [1.54, 1.807) is 6.07 Å². The molecule has 3 fully saturated rings. The molecule has 5 rings (SSSR count). The summed E-state index contributed by atoms with van der Waals surface area (Å²) in [5, 5.41) is 2.14. The fourth-order valence-electron chi connectivity index (χ4n) is 5.72. The predicted octanol–water partition coefficient (Wildman–Crippen LogP) is 1.48. The van der Waals surface area contributed by atoms with Crippen LogP contribution in [0, 0.1) is 10.8 Å². The maximum atomic E-state index is 13.6. The molecule has 1 atom stereocenters. The number of Topliss-reactive ketones (excluding diaryl/α,β-unsaturated/α-hetero) is 2. The van der Waals surface area contributed by atoms with E-state index in [1.807, 2.05) is 26.0 Å². The molecule has 1 saturated carbocycles. The van der Waals surface area contributed by atoms with Crippen LogP contribution < -0.4 is 10.2 Å². The molecule has 0 aromatic heterocycles. The number of rotatable bonds is 1. The maximum Gasteiger partial charge on any atom is 0.331 e. The van der Waals surface area contributed by atoms with Gasteiger partial charge in [0, 0.05) is 32.1 Å². The van der Waals surface area contributed by atoms with E-state index in [4.69, 9.17) is 4.74 Å². The fourth-order valence-corrected chi connectivity index (χ4v) is 5.72. The highest BCUT2D eigenvalue weighted by Gasteiger charge is 2.60. The van der Waals surface area contributed by atoms with Crippen molar-refractivity contribution in [2.75, 3.05) is 31.7 Å². The lowest BCUT2D eigenvalue weighted by atomic mass is 9.56. The molecule has 3 heterocycles. The summed E-state index contributed by atoms with van der Waals surface area (Å²) in [6, 6.07) is 4.40. The van der Waals surface area contributed by atoms with Gasteiger partial charge in [-0.05, 0) is 41.2 Å². The van der Waals surface area contributed by atoms with Gasteiger partial charge in [-0.2, -0.15) is 0 Å². The second-order valence-electron chi connectivity index (χ2n) is 10.4. The number of fused-ring (bicyclic) bond motifs is 4. The minimum Gasteiger partial charge on any atom is -0.377 e. The monoisotopic (exact) mass is 465 g/mol. The quantitative estimate of drug-likeness (QED) is 0.380. The maximum absolute atomic E-state index is 13.6. The zero-order valence-corrected chi connectivity index (χ0v) is 19.5. The molecule has 2 saturated heterocycles. The zero-order valence-electron chi connectivity index (χ0n) is 19.5. The van der Waals surface area contributed by atoms with Gasteiger partial charge in [-0.3, -0.25) is 29.4 Å². The first-order valence-electron chi connectivity index (χ1n) is 11.4. The van der Waals surface area contributed by atoms with Crippen molar-refractivity contribution in [3.05, 3.63) is 34.9 Å². The summed E-state index contributed by atoms with van der Waals surface area (Å²) in [6.45, 7) is 5.27. The first-order chi connectivity index (χ1) is 16.0. The smallest absolute Gasteiger partial charge is 0.331 e. The van der Waals surface area contributed by atoms with Gasteiger partial charge in [-0.15, -0.1) is 0 Å². The van der Waals surface area contributed by atoms with Crippen LogP contribution in [0.5, 0.6) is 0 Å². The summed E-state index contributed by atoms with van der Waals surface area (Å²) in [7, 11) is 1.30. The molecule has 4 amide bonds. The van der Waals surface area contributed by atoms with Gasteiger partial charge in [0.2, 0.25) is 0 Å². The van der Waals surface area contributed by atoms with Gasteiger partial charge in [-0.1, -0.05) is 19.9 Å². The molecule has 0 radical (unpaired) electrons. The third kappa shape index (κ3) is 3.29. The van der Waals surface area contributed by atoms with Gasteiger partial charge in [-0.25, -0.2) is 4.79 Å². The summed E-state index contributed by atoms with van der Waals surface area (Å²) in [6.07, 6.45) is 2.36. The van der Waals surface area contributed by atoms with Crippen LogP contribution >= 0.6 is 0 Å². The van der Waals surface area contributed by atoms with Crippen LogP contribution in [0.3, 0.4) is 0 Å². The molecular formula is C25H27N3O6. The number of hydrogen-bond acceptors (Lipinski definition) is 7. The van der Waals surface area contributed by atoms with Crippen molar-refractivity contribution in [2.24, 2.45) is 10.8 Å². The topological polar surface area (TPSA) is 113 Å². The highest BCUT2D eigenvalue weighted by atomic mass is 16.5. The van der Waals surface area contributed by atoms with Gasteiger partial charge >= 0.3 is 6.03 Å². The second kappa shape index (κ2) is 7.59. The third-order valence-electron chi connectivity index (χ3n) is 7.47. The minimum absolute atomic E-state index is 0.0503. The number of barbiturate groups is 1. The molecule has 1 aliphatic carbocycles. The molecule has 9 nitrogen and oxygen atoms in total. The number of hydrogen-bond donors (Lipinski definition) is 1. The minimum atomic E-state index is -1.17. The van der Waals surface area contributed by atoms with Gasteiger partial charge < -0.3 is 9.64 Å². The van der Waals surface area contributed by atoms with E-state index in [2.05, 4.69) is 10.2 Å². The van der Waals surface area contributed by atoms with E-state index < -0.39 is 23.3 Å². The van der Waals surface area contributed by atoms with Crippen LogP contribution in [-0.4, -0.2) is 67.2 Å². The second-order valence-corrected chi connectivity index (χ2v) is 10.4. The van der Waals surface area contributed by atoms with E-state index in [-0.39, 0.29) is 35.0 Å². The van der Waals surface area contributed by atoms with Crippen LogP contribution in [-0.2, 0) is 30.3 Å². The van der Waals surface area contributed by atoms with E-state index >= 15 is 0 Å². The molecule has 4 aliphatic rings. The zero-order chi connectivity index (χ0) is 24.4. The fraction of sp³-hybridized carbons (Fsp3) is 0.480. The third-order valence-corrected chi connectivity index (χ3v) is 7.47. The highest BCUT2D eigenvalue weighted by Crippen LogP contribution is 2.50. The number of benzene rings is 1. The van der Waals surface area contributed by atoms with Crippen molar-refractivity contribution in [3.8, 4) is 0 Å². The van der Waals surface area contributed by atoms with E-state index in [0.29, 0.717) is 38.2 Å². The molecular weight excluding hydrogens is 438 g/mol. The standard InChI is InChI=1S/C25H27N3O6/c1-24(2)11-19(29)25(20(30)12-24)10-15-8-14(4-5-17(15)28-6-7-34-13-18(25)28)9-16-21(31)26-23(33)27(3)22(16)32/h4-5,8-9,18H,6-7,10-13H2,1-3H3,(H,26,31,33)/b16-9+. The van der Waals surface area contributed by atoms with Crippen molar-refractivity contribution >= 4 is 41.2 Å². The summed E-state index contributed by atoms with van der Waals surface area (Å²) in [5.41, 5.74) is 0.644. The lowest BCUT2D eigenvalue weighted by Crippen LogP contribution is -2.66. The number of imide groups is 2. The average molecular weight is 466 g/mol. The van der Waals surface area contributed by atoms with Crippen LogP contribution in [0.1, 0.15) is 37.8 Å². The molecule has 1 aromatic carbocycles. The van der Waals surface area contributed by atoms with Crippen molar-refractivity contribution < 1.29 is 28.7 Å². The molecule has 1 N–H and O–H groups in total. The SMILES string of the molecule is CN1C(=O)NC(=O)/C(=C\c2ccc3c(c2)CC2(C(=O)CC(C)(C)CC2=O)C2COCCN32)C1=O. The first-order valence-corrected chi connectivity index (χ1v) is 11.4. The van der Waals surface area contributed by atoms with Gasteiger partial charge in [0.15, 0.2) is 0 Å². The Kier molecular flexibility index (Phi) is 5.02. The lowest BCUT2D eigenvalue weighted by molar-refractivity contribution is -0.152. The van der Waals surface area contributed by atoms with Crippen molar-refractivity contribution in [2.45, 2.75) is 39.2 Å². The number of nitrogens with zero attached hydrogens (tertiary/aromatic N) is 2. The number of urea groups is 1. The van der Waals surface area contributed by atoms with Crippen molar-refractivity contribution in [1.29, 1.82) is 0 Å². The Labute approximate surface area is 197 Å². The number of amides is 4. The summed E-state index contributed by atoms with van der Waals surface area (Å²) in [5.74, 6) is -1.54. The van der Waals surface area contributed by atoms with E-state index in [0.717, 1.165) is 16.2 Å². The largest absolute Gasteiger partial charge is 0.377 e. The predicted molar refractivity (Wildman–Crippen MR) is 122 cm³/mol. The van der Waals surface area contributed by atoms with Crippen molar-refractivity contribution in [3.63, 3.8) is 0 Å². The van der Waals surface area contributed by atoms with Crippen LogP contribution in [0.15, 0.2) is 23.8 Å². The number of anilines is 1. The van der Waals surface area contributed by atoms with Gasteiger partial charge in [0.1, 0.15) is 22.6 Å². The lowest BCUT2D eigenvalue weighted by Gasteiger charge is -2.54. The normalized spacial score (nSPS) is 27.1. The number of ketones is 2. The van der Waals surface area contributed by atoms with Crippen LogP contribution in [0.4, 0.5) is 10.5 Å².